The van der Waals surface area contributed by atoms with Crippen molar-refractivity contribution in [3.05, 3.63) is 49.2 Å². The van der Waals surface area contributed by atoms with Crippen LogP contribution in [0.5, 0.6) is 5.75 Å². The van der Waals surface area contributed by atoms with Gasteiger partial charge < -0.3 is 14.3 Å². The molecule has 0 saturated heterocycles. The highest BCUT2D eigenvalue weighted by molar-refractivity contribution is 9.11. The van der Waals surface area contributed by atoms with Gasteiger partial charge in [0.1, 0.15) is 18.1 Å². The Morgan fingerprint density at radius 2 is 1.84 bits per heavy atom. The predicted octanol–water partition coefficient (Wildman–Crippen LogP) is 4.84. The van der Waals surface area contributed by atoms with Gasteiger partial charge in [0.05, 0.1) is 8.95 Å². The lowest BCUT2D eigenvalue weighted by Crippen LogP contribution is -1.96. The minimum absolute atomic E-state index is 0.104. The quantitative estimate of drug-likeness (QED) is 0.717. The molecule has 0 saturated carbocycles. The largest absolute Gasteiger partial charge is 0.483 e. The van der Waals surface area contributed by atoms with Crippen molar-refractivity contribution >= 4 is 53.8 Å². The Bertz CT molecular complexity index is 598. The number of ether oxygens (including phenoxy) is 1. The zero-order chi connectivity index (χ0) is 14.0. The van der Waals surface area contributed by atoms with Crippen LogP contribution in [-0.2, 0) is 6.61 Å². The van der Waals surface area contributed by atoms with Crippen LogP contribution in [0.25, 0.3) is 0 Å². The third-order valence-corrected chi connectivity index (χ3v) is 3.83. The van der Waals surface area contributed by atoms with Crippen molar-refractivity contribution in [1.82, 2.24) is 0 Å². The molecule has 2 rings (SSSR count). The minimum Gasteiger partial charge on any atom is -0.483 e. The summed E-state index contributed by atoms with van der Waals surface area (Å²) in [5, 5.41) is 8.75. The maximum atomic E-state index is 10.7. The molecule has 4 nitrogen and oxygen atoms in total. The van der Waals surface area contributed by atoms with Gasteiger partial charge in [-0.05, 0) is 56.1 Å². The number of hydrogen-bond acceptors (Lipinski definition) is 3. The molecular weight excluding hydrogens is 448 g/mol. The molecule has 0 radical (unpaired) electrons. The van der Waals surface area contributed by atoms with E-state index < -0.39 is 5.97 Å². The molecule has 1 aromatic carbocycles. The van der Waals surface area contributed by atoms with E-state index >= 15 is 0 Å². The lowest BCUT2D eigenvalue weighted by molar-refractivity contribution is 0.0658. The molecule has 0 atom stereocenters. The highest BCUT2D eigenvalue weighted by Gasteiger charge is 2.12. The van der Waals surface area contributed by atoms with Crippen LogP contribution in [0.4, 0.5) is 0 Å². The summed E-state index contributed by atoms with van der Waals surface area (Å²) in [6.45, 7) is 0.145. The minimum atomic E-state index is -1.10. The summed E-state index contributed by atoms with van der Waals surface area (Å²) in [5.74, 6) is -0.139. The fourth-order valence-electron chi connectivity index (χ4n) is 1.38. The van der Waals surface area contributed by atoms with Crippen molar-refractivity contribution in [3.8, 4) is 5.75 Å². The number of carboxylic acid groups (broad SMARTS) is 1. The molecule has 0 bridgehead atoms. The molecule has 0 unspecified atom stereocenters. The second-order valence-electron chi connectivity index (χ2n) is 3.56. The molecule has 0 aliphatic heterocycles. The molecule has 7 heteroatoms. The molecule has 1 N–H and O–H groups in total. The van der Waals surface area contributed by atoms with E-state index in [1.807, 2.05) is 12.1 Å². The first kappa shape index (κ1) is 14.6. The molecule has 0 amide bonds. The van der Waals surface area contributed by atoms with Gasteiger partial charge in [0.2, 0.25) is 5.76 Å². The first-order valence-electron chi connectivity index (χ1n) is 5.06. The van der Waals surface area contributed by atoms with Crippen LogP contribution in [0.15, 0.2) is 42.1 Å². The van der Waals surface area contributed by atoms with Crippen LogP contribution in [0.3, 0.4) is 0 Å². The average Bonchev–Trinajstić information content (AvgIpc) is 2.76. The number of benzene rings is 1. The number of carbonyl (C=O) groups is 1. The van der Waals surface area contributed by atoms with Crippen molar-refractivity contribution in [1.29, 1.82) is 0 Å². The summed E-state index contributed by atoms with van der Waals surface area (Å²) in [6.07, 6.45) is 0. The zero-order valence-corrected chi connectivity index (χ0v) is 14.1. The van der Waals surface area contributed by atoms with E-state index in [9.17, 15) is 4.79 Å². The number of rotatable bonds is 4. The van der Waals surface area contributed by atoms with Gasteiger partial charge >= 0.3 is 5.97 Å². The first-order valence-corrected chi connectivity index (χ1v) is 7.44. The van der Waals surface area contributed by atoms with Crippen molar-refractivity contribution < 1.29 is 19.1 Å². The smallest absolute Gasteiger partial charge is 0.371 e. The van der Waals surface area contributed by atoms with E-state index in [1.165, 1.54) is 6.07 Å². The number of halogens is 3. The molecule has 100 valence electrons. The second kappa shape index (κ2) is 6.11. The van der Waals surface area contributed by atoms with Gasteiger partial charge in [-0.25, -0.2) is 4.79 Å². The van der Waals surface area contributed by atoms with Crippen molar-refractivity contribution in [2.75, 3.05) is 0 Å². The third kappa shape index (κ3) is 3.61. The van der Waals surface area contributed by atoms with Gasteiger partial charge in [0.15, 0.2) is 0 Å². The Kier molecular flexibility index (Phi) is 4.70. The third-order valence-electron chi connectivity index (χ3n) is 2.19. The molecule has 0 fully saturated rings. The summed E-state index contributed by atoms with van der Waals surface area (Å²) in [4.78, 5) is 10.7. The molecule has 1 heterocycles. The summed E-state index contributed by atoms with van der Waals surface area (Å²) < 4.78 is 13.2. The predicted molar refractivity (Wildman–Crippen MR) is 79.5 cm³/mol. The maximum Gasteiger partial charge on any atom is 0.371 e. The topological polar surface area (TPSA) is 59.7 Å². The van der Waals surface area contributed by atoms with Crippen LogP contribution >= 0.6 is 47.8 Å². The van der Waals surface area contributed by atoms with Crippen LogP contribution in [0.2, 0.25) is 0 Å². The zero-order valence-electron chi connectivity index (χ0n) is 9.32. The van der Waals surface area contributed by atoms with E-state index in [-0.39, 0.29) is 12.4 Å². The Balaban J connectivity index is 2.12. The average molecular weight is 455 g/mol. The summed E-state index contributed by atoms with van der Waals surface area (Å²) in [6, 6.07) is 6.67. The van der Waals surface area contributed by atoms with Gasteiger partial charge in [-0.3, -0.25) is 0 Å². The van der Waals surface area contributed by atoms with E-state index in [0.717, 1.165) is 13.4 Å². The Morgan fingerprint density at radius 3 is 2.37 bits per heavy atom. The van der Waals surface area contributed by atoms with Crippen molar-refractivity contribution in [2.24, 2.45) is 0 Å². The highest BCUT2D eigenvalue weighted by atomic mass is 79.9. The number of aromatic carboxylic acids is 1. The van der Waals surface area contributed by atoms with E-state index in [1.54, 1.807) is 6.07 Å². The van der Waals surface area contributed by atoms with E-state index in [4.69, 9.17) is 14.3 Å². The Morgan fingerprint density at radius 1 is 1.21 bits per heavy atom. The first-order chi connectivity index (χ1) is 8.97. The molecular formula is C12H7Br3O4. The number of furan rings is 1. The fourth-order valence-corrected chi connectivity index (χ4v) is 3.87. The molecule has 0 aliphatic rings. The molecule has 1 aromatic heterocycles. The number of carboxylic acids is 1. The monoisotopic (exact) mass is 452 g/mol. The summed E-state index contributed by atoms with van der Waals surface area (Å²) >= 11 is 10.1. The lowest BCUT2D eigenvalue weighted by Gasteiger charge is -2.09. The SMILES string of the molecule is O=C(O)c1ccc(COc2c(Br)cc(Br)cc2Br)o1. The molecule has 0 aliphatic carbocycles. The van der Waals surface area contributed by atoms with E-state index in [2.05, 4.69) is 47.8 Å². The molecule has 19 heavy (non-hydrogen) atoms. The number of hydrogen-bond donors (Lipinski definition) is 1. The van der Waals surface area contributed by atoms with Gasteiger partial charge in [0, 0.05) is 4.47 Å². The normalized spacial score (nSPS) is 10.5. The maximum absolute atomic E-state index is 10.7. The standard InChI is InChI=1S/C12H7Br3O4/c13-6-3-8(14)11(9(15)4-6)18-5-7-1-2-10(19-7)12(16)17/h1-4H,5H2,(H,16,17). The van der Waals surface area contributed by atoms with Gasteiger partial charge in [0.25, 0.3) is 0 Å². The van der Waals surface area contributed by atoms with Crippen LogP contribution in [0, 0.1) is 0 Å². The van der Waals surface area contributed by atoms with Gasteiger partial charge in [-0.2, -0.15) is 0 Å². The summed E-state index contributed by atoms with van der Waals surface area (Å²) in [7, 11) is 0. The fraction of sp³-hybridized carbons (Fsp3) is 0.0833. The Labute approximate surface area is 134 Å². The van der Waals surface area contributed by atoms with Crippen molar-refractivity contribution in [2.45, 2.75) is 6.61 Å². The van der Waals surface area contributed by atoms with Crippen LogP contribution in [-0.4, -0.2) is 11.1 Å². The van der Waals surface area contributed by atoms with Crippen molar-refractivity contribution in [3.63, 3.8) is 0 Å². The van der Waals surface area contributed by atoms with Gasteiger partial charge in [-0.15, -0.1) is 0 Å². The van der Waals surface area contributed by atoms with Crippen LogP contribution < -0.4 is 4.74 Å². The highest BCUT2D eigenvalue weighted by Crippen LogP contribution is 2.36. The summed E-state index contributed by atoms with van der Waals surface area (Å²) in [5.41, 5.74) is 0. The van der Waals surface area contributed by atoms with E-state index in [0.29, 0.717) is 11.5 Å². The Hall–Kier alpha value is -0.790. The molecule has 2 aromatic rings. The van der Waals surface area contributed by atoms with Gasteiger partial charge in [-0.1, -0.05) is 15.9 Å². The van der Waals surface area contributed by atoms with Crippen LogP contribution in [0.1, 0.15) is 16.3 Å². The second-order valence-corrected chi connectivity index (χ2v) is 6.18. The lowest BCUT2D eigenvalue weighted by atomic mass is 10.3. The molecule has 0 spiro atoms.